The zero-order valence-electron chi connectivity index (χ0n) is 11.0. The molecule has 0 aliphatic heterocycles. The molecule has 92 valence electrons. The first kappa shape index (κ1) is 24.3. The SMILES string of the molecule is O=S(=O)([O-])[O-].[Na+].[Na+].c1ccccc1.c1ccccc1. The molecule has 2 rings (SSSR count). The molecule has 0 fully saturated rings. The van der Waals surface area contributed by atoms with Crippen LogP contribution in [0.2, 0.25) is 0 Å². The van der Waals surface area contributed by atoms with E-state index < -0.39 is 10.4 Å². The largest absolute Gasteiger partial charge is 1.00 e. The molecule has 0 aliphatic rings. The number of hydrogen-bond acceptors (Lipinski definition) is 4. The van der Waals surface area contributed by atoms with Crippen molar-refractivity contribution in [3.8, 4) is 0 Å². The first-order valence-electron chi connectivity index (χ1n) is 4.67. The zero-order chi connectivity index (χ0) is 13.0. The van der Waals surface area contributed by atoms with Crippen molar-refractivity contribution in [1.29, 1.82) is 0 Å². The van der Waals surface area contributed by atoms with Crippen LogP contribution in [-0.2, 0) is 10.4 Å². The first-order chi connectivity index (χ1) is 8.00. The van der Waals surface area contributed by atoms with Gasteiger partial charge in [-0.05, 0) is 0 Å². The summed E-state index contributed by atoms with van der Waals surface area (Å²) in [5, 5.41) is 0. The van der Waals surface area contributed by atoms with Gasteiger partial charge in [-0.25, -0.2) is 0 Å². The number of benzene rings is 2. The molecule has 0 aliphatic carbocycles. The molecule has 0 bridgehead atoms. The van der Waals surface area contributed by atoms with Crippen LogP contribution in [0.1, 0.15) is 0 Å². The van der Waals surface area contributed by atoms with Crippen LogP contribution in [-0.4, -0.2) is 17.5 Å². The second-order valence-electron chi connectivity index (χ2n) is 2.72. The van der Waals surface area contributed by atoms with E-state index in [0.717, 1.165) is 0 Å². The van der Waals surface area contributed by atoms with Gasteiger partial charge in [0.2, 0.25) is 0 Å². The van der Waals surface area contributed by atoms with Crippen LogP contribution >= 0.6 is 0 Å². The molecule has 2 aromatic carbocycles. The summed E-state index contributed by atoms with van der Waals surface area (Å²) in [6, 6.07) is 24.0. The molecule has 0 atom stereocenters. The molecule has 0 aromatic heterocycles. The zero-order valence-corrected chi connectivity index (χ0v) is 15.8. The molecule has 7 heteroatoms. The van der Waals surface area contributed by atoms with E-state index >= 15 is 0 Å². The maximum Gasteiger partial charge on any atom is 1.00 e. The minimum absolute atomic E-state index is 0. The minimum atomic E-state index is -5.17. The molecule has 0 radical (unpaired) electrons. The predicted molar refractivity (Wildman–Crippen MR) is 63.4 cm³/mol. The molecule has 0 saturated carbocycles. The van der Waals surface area contributed by atoms with E-state index in [9.17, 15) is 0 Å². The molecule has 0 spiro atoms. The van der Waals surface area contributed by atoms with Gasteiger partial charge in [-0.15, -0.1) is 0 Å². The van der Waals surface area contributed by atoms with Crippen LogP contribution in [0.3, 0.4) is 0 Å². The molecular weight excluding hydrogens is 286 g/mol. The smallest absolute Gasteiger partial charge is 0.759 e. The van der Waals surface area contributed by atoms with Gasteiger partial charge in [0.15, 0.2) is 0 Å². The Hall–Kier alpha value is 0.310. The summed E-state index contributed by atoms with van der Waals surface area (Å²) in [7, 11) is -5.17. The summed E-state index contributed by atoms with van der Waals surface area (Å²) in [5.74, 6) is 0. The average Bonchev–Trinajstić information content (AvgIpc) is 2.32. The summed E-state index contributed by atoms with van der Waals surface area (Å²) in [4.78, 5) is 0. The van der Waals surface area contributed by atoms with Crippen molar-refractivity contribution in [2.75, 3.05) is 0 Å². The van der Waals surface area contributed by atoms with Gasteiger partial charge in [-0.1, -0.05) is 72.8 Å². The summed E-state index contributed by atoms with van der Waals surface area (Å²) < 4.78 is 34.1. The fourth-order valence-corrected chi connectivity index (χ4v) is 0.770. The number of hydrogen-bond donors (Lipinski definition) is 0. The molecule has 0 unspecified atom stereocenters. The Kier molecular flexibility index (Phi) is 21.0. The molecular formula is C12H12Na2O4S. The van der Waals surface area contributed by atoms with Crippen molar-refractivity contribution in [3.63, 3.8) is 0 Å². The van der Waals surface area contributed by atoms with Crippen LogP contribution in [0, 0.1) is 0 Å². The van der Waals surface area contributed by atoms with Gasteiger partial charge in [0, 0.05) is 10.4 Å². The summed E-state index contributed by atoms with van der Waals surface area (Å²) >= 11 is 0. The first-order valence-corrected chi connectivity index (χ1v) is 6.00. The molecule has 0 N–H and O–H groups in total. The van der Waals surface area contributed by atoms with Crippen LogP contribution in [0.5, 0.6) is 0 Å². The van der Waals surface area contributed by atoms with Gasteiger partial charge in [0.1, 0.15) is 0 Å². The van der Waals surface area contributed by atoms with E-state index in [2.05, 4.69) is 0 Å². The second-order valence-corrected chi connectivity index (χ2v) is 3.53. The Morgan fingerprint density at radius 1 is 0.474 bits per heavy atom. The Balaban J connectivity index is -0.000000193. The van der Waals surface area contributed by atoms with Gasteiger partial charge in [-0.2, -0.15) is 0 Å². The summed E-state index contributed by atoms with van der Waals surface area (Å²) in [6.07, 6.45) is 0. The molecule has 0 amide bonds. The maximum atomic E-state index is 8.52. The Labute approximate surface area is 158 Å². The monoisotopic (exact) mass is 298 g/mol. The van der Waals surface area contributed by atoms with E-state index in [1.165, 1.54) is 0 Å². The van der Waals surface area contributed by atoms with Gasteiger partial charge in [-0.3, -0.25) is 8.42 Å². The van der Waals surface area contributed by atoms with Crippen molar-refractivity contribution in [2.24, 2.45) is 0 Å². The molecule has 0 heterocycles. The van der Waals surface area contributed by atoms with Crippen molar-refractivity contribution in [3.05, 3.63) is 72.8 Å². The van der Waals surface area contributed by atoms with E-state index in [1.807, 2.05) is 72.8 Å². The minimum Gasteiger partial charge on any atom is -0.759 e. The van der Waals surface area contributed by atoms with Crippen molar-refractivity contribution < 1.29 is 76.6 Å². The average molecular weight is 298 g/mol. The third-order valence-electron chi connectivity index (χ3n) is 1.33. The van der Waals surface area contributed by atoms with Crippen LogP contribution in [0.25, 0.3) is 0 Å². The fraction of sp³-hybridized carbons (Fsp3) is 0. The normalized spacial score (nSPS) is 8.11. The van der Waals surface area contributed by atoms with E-state index in [0.29, 0.717) is 0 Å². The van der Waals surface area contributed by atoms with Crippen LogP contribution in [0.4, 0.5) is 0 Å². The van der Waals surface area contributed by atoms with E-state index in [4.69, 9.17) is 17.5 Å². The fourth-order valence-electron chi connectivity index (χ4n) is 0.770. The summed E-state index contributed by atoms with van der Waals surface area (Å²) in [5.41, 5.74) is 0. The third kappa shape index (κ3) is 32.1. The Morgan fingerprint density at radius 2 is 0.526 bits per heavy atom. The van der Waals surface area contributed by atoms with Gasteiger partial charge >= 0.3 is 59.1 Å². The Bertz CT molecular complexity index is 371. The molecule has 2 aromatic rings. The van der Waals surface area contributed by atoms with Crippen LogP contribution < -0.4 is 59.1 Å². The molecule has 4 nitrogen and oxygen atoms in total. The van der Waals surface area contributed by atoms with E-state index in [1.54, 1.807) is 0 Å². The van der Waals surface area contributed by atoms with Crippen molar-refractivity contribution >= 4 is 10.4 Å². The van der Waals surface area contributed by atoms with Gasteiger partial charge < -0.3 is 9.11 Å². The third-order valence-corrected chi connectivity index (χ3v) is 1.33. The van der Waals surface area contributed by atoms with Crippen molar-refractivity contribution in [2.45, 2.75) is 0 Å². The van der Waals surface area contributed by atoms with Crippen molar-refractivity contribution in [1.82, 2.24) is 0 Å². The predicted octanol–water partition coefficient (Wildman–Crippen LogP) is -3.96. The quantitative estimate of drug-likeness (QED) is 0.282. The van der Waals surface area contributed by atoms with Crippen LogP contribution in [0.15, 0.2) is 72.8 Å². The van der Waals surface area contributed by atoms with Gasteiger partial charge in [0.05, 0.1) is 0 Å². The second kappa shape index (κ2) is 16.4. The standard InChI is InChI=1S/2C6H6.2Na.H2O4S/c2*1-2-4-6-5-3-1;;;1-5(2,3)4/h2*1-6H;;;(H2,1,2,3,4)/q;;2*+1;/p-2. The topological polar surface area (TPSA) is 80.3 Å². The van der Waals surface area contributed by atoms with E-state index in [-0.39, 0.29) is 59.1 Å². The summed E-state index contributed by atoms with van der Waals surface area (Å²) in [6.45, 7) is 0. The maximum absolute atomic E-state index is 8.52. The van der Waals surface area contributed by atoms with Gasteiger partial charge in [0.25, 0.3) is 0 Å². The Morgan fingerprint density at radius 3 is 0.579 bits per heavy atom. The number of rotatable bonds is 0. The molecule has 0 saturated heterocycles. The molecule has 19 heavy (non-hydrogen) atoms.